The third-order valence-corrected chi connectivity index (χ3v) is 2.76. The lowest BCUT2D eigenvalue weighted by Crippen LogP contribution is -2.16. The van der Waals surface area contributed by atoms with Gasteiger partial charge in [0, 0.05) is 0 Å². The van der Waals surface area contributed by atoms with Crippen LogP contribution < -0.4 is 10.1 Å². The number of benzene rings is 1. The second-order valence-electron chi connectivity index (χ2n) is 4.10. The molecule has 0 saturated heterocycles. The normalized spacial score (nSPS) is 10.5. The Labute approximate surface area is 133 Å². The van der Waals surface area contributed by atoms with Crippen LogP contribution in [0.1, 0.15) is 10.4 Å². The van der Waals surface area contributed by atoms with Crippen molar-refractivity contribution in [3.8, 4) is 5.75 Å². The van der Waals surface area contributed by atoms with Crippen LogP contribution in [0, 0.1) is 0 Å². The van der Waals surface area contributed by atoms with Crippen LogP contribution in [0.15, 0.2) is 30.0 Å². The number of rotatable bonds is 6. The van der Waals surface area contributed by atoms with Crippen molar-refractivity contribution in [3.63, 3.8) is 0 Å². The Morgan fingerprint density at radius 2 is 1.70 bits per heavy atom. The fourth-order valence-corrected chi connectivity index (χ4v) is 1.63. The molecule has 124 valence electrons. The first-order valence-electron chi connectivity index (χ1n) is 6.38. The van der Waals surface area contributed by atoms with Crippen LogP contribution in [0.2, 0.25) is 0 Å². The van der Waals surface area contributed by atoms with E-state index >= 15 is 0 Å². The lowest BCUT2D eigenvalue weighted by atomic mass is 10.1. The summed E-state index contributed by atoms with van der Waals surface area (Å²) in [7, 11) is 5.00. The average Bonchev–Trinajstić information content (AvgIpc) is 2.59. The molecule has 0 aliphatic carbocycles. The van der Waals surface area contributed by atoms with Crippen LogP contribution in [-0.4, -0.2) is 46.3 Å². The van der Waals surface area contributed by atoms with Crippen LogP contribution in [0.25, 0.3) is 0 Å². The summed E-state index contributed by atoms with van der Waals surface area (Å²) >= 11 is 0. The fraction of sp³-hybridized carbons (Fsp3) is 0.267. The summed E-state index contributed by atoms with van der Waals surface area (Å²) in [6, 6.07) is 4.43. The van der Waals surface area contributed by atoms with Gasteiger partial charge in [-0.25, -0.2) is 14.4 Å². The van der Waals surface area contributed by atoms with Gasteiger partial charge < -0.3 is 24.3 Å². The summed E-state index contributed by atoms with van der Waals surface area (Å²) in [5, 5.41) is 2.69. The monoisotopic (exact) mass is 323 g/mol. The first-order valence-corrected chi connectivity index (χ1v) is 6.38. The highest BCUT2D eigenvalue weighted by atomic mass is 16.5. The topological polar surface area (TPSA) is 100 Å². The minimum absolute atomic E-state index is 0.181. The van der Waals surface area contributed by atoms with Crippen LogP contribution in [-0.2, 0) is 23.8 Å². The molecule has 1 aromatic carbocycles. The van der Waals surface area contributed by atoms with Gasteiger partial charge in [0.25, 0.3) is 0 Å². The van der Waals surface area contributed by atoms with E-state index in [0.717, 1.165) is 13.2 Å². The summed E-state index contributed by atoms with van der Waals surface area (Å²) in [6.07, 6.45) is 0.927. The molecule has 0 bridgehead atoms. The minimum atomic E-state index is -0.791. The molecule has 0 radical (unpaired) electrons. The van der Waals surface area contributed by atoms with E-state index in [4.69, 9.17) is 4.74 Å². The Bertz CT molecular complexity index is 637. The molecule has 1 N–H and O–H groups in total. The number of nitrogens with one attached hydrogen (secondary N) is 1. The van der Waals surface area contributed by atoms with Crippen LogP contribution >= 0.6 is 0 Å². The molecule has 1 aromatic rings. The first kappa shape index (κ1) is 18.0. The molecule has 8 nitrogen and oxygen atoms in total. The molecule has 0 spiro atoms. The summed E-state index contributed by atoms with van der Waals surface area (Å²) < 4.78 is 18.9. The summed E-state index contributed by atoms with van der Waals surface area (Å²) in [6.45, 7) is 0. The van der Waals surface area contributed by atoms with Crippen molar-refractivity contribution in [2.24, 2.45) is 0 Å². The van der Waals surface area contributed by atoms with E-state index < -0.39 is 17.9 Å². The van der Waals surface area contributed by atoms with Crippen LogP contribution in [0.4, 0.5) is 5.69 Å². The fourth-order valence-electron chi connectivity index (χ4n) is 1.63. The summed E-state index contributed by atoms with van der Waals surface area (Å²) in [4.78, 5) is 34.7. The van der Waals surface area contributed by atoms with E-state index in [9.17, 15) is 14.4 Å². The molecule has 0 unspecified atom stereocenters. The molecule has 0 fully saturated rings. The molecule has 0 amide bonds. The molecule has 0 atom stereocenters. The molecular weight excluding hydrogens is 306 g/mol. The van der Waals surface area contributed by atoms with Crippen molar-refractivity contribution >= 4 is 23.6 Å². The molecular formula is C15H17NO7. The van der Waals surface area contributed by atoms with Gasteiger partial charge >= 0.3 is 17.9 Å². The number of carbonyl (C=O) groups excluding carboxylic acids is 3. The summed E-state index contributed by atoms with van der Waals surface area (Å²) in [5.74, 6) is -1.76. The zero-order valence-electron chi connectivity index (χ0n) is 13.2. The Kier molecular flexibility index (Phi) is 6.60. The van der Waals surface area contributed by atoms with Gasteiger partial charge in [0.1, 0.15) is 11.4 Å². The number of esters is 3. The second kappa shape index (κ2) is 8.42. The van der Waals surface area contributed by atoms with Gasteiger partial charge in [0.15, 0.2) is 0 Å². The standard InChI is InChI=1S/C15H17NO7/c1-20-12-6-5-9(14(18)22-3)7-10(12)16-11(15(19)23-4)8-13(17)21-2/h5-8,16H,1-4H3/b11-8-. The van der Waals surface area contributed by atoms with E-state index in [-0.39, 0.29) is 16.9 Å². The average molecular weight is 323 g/mol. The van der Waals surface area contributed by atoms with Crippen LogP contribution in [0.5, 0.6) is 5.75 Å². The molecule has 0 aliphatic rings. The van der Waals surface area contributed by atoms with Gasteiger partial charge in [-0.05, 0) is 18.2 Å². The van der Waals surface area contributed by atoms with Crippen molar-refractivity contribution < 1.29 is 33.3 Å². The maximum atomic E-state index is 11.7. The quantitative estimate of drug-likeness (QED) is 0.472. The van der Waals surface area contributed by atoms with Gasteiger partial charge in [-0.2, -0.15) is 0 Å². The van der Waals surface area contributed by atoms with Crippen molar-refractivity contribution in [1.82, 2.24) is 0 Å². The zero-order valence-corrected chi connectivity index (χ0v) is 13.2. The van der Waals surface area contributed by atoms with Crippen molar-refractivity contribution in [2.75, 3.05) is 33.8 Å². The van der Waals surface area contributed by atoms with Gasteiger partial charge in [-0.15, -0.1) is 0 Å². The Morgan fingerprint density at radius 3 is 2.22 bits per heavy atom. The molecule has 0 aromatic heterocycles. The largest absolute Gasteiger partial charge is 0.495 e. The Balaban J connectivity index is 3.25. The third kappa shape index (κ3) is 4.73. The minimum Gasteiger partial charge on any atom is -0.495 e. The Morgan fingerprint density at radius 1 is 1.00 bits per heavy atom. The van der Waals surface area contributed by atoms with E-state index in [2.05, 4.69) is 19.5 Å². The van der Waals surface area contributed by atoms with Crippen molar-refractivity contribution in [1.29, 1.82) is 0 Å². The molecule has 0 aliphatic heterocycles. The highest BCUT2D eigenvalue weighted by Crippen LogP contribution is 2.27. The molecule has 8 heteroatoms. The lowest BCUT2D eigenvalue weighted by Gasteiger charge is -2.13. The van der Waals surface area contributed by atoms with E-state index in [1.807, 2.05) is 0 Å². The van der Waals surface area contributed by atoms with E-state index in [1.54, 1.807) is 0 Å². The maximum absolute atomic E-state index is 11.7. The third-order valence-electron chi connectivity index (χ3n) is 2.76. The number of hydrogen-bond donors (Lipinski definition) is 1. The van der Waals surface area contributed by atoms with Gasteiger partial charge in [-0.1, -0.05) is 0 Å². The first-order chi connectivity index (χ1) is 11.0. The zero-order chi connectivity index (χ0) is 17.4. The highest BCUT2D eigenvalue weighted by molar-refractivity contribution is 5.99. The van der Waals surface area contributed by atoms with Crippen molar-refractivity contribution in [3.05, 3.63) is 35.5 Å². The van der Waals surface area contributed by atoms with E-state index in [0.29, 0.717) is 5.75 Å². The van der Waals surface area contributed by atoms with E-state index in [1.165, 1.54) is 39.5 Å². The lowest BCUT2D eigenvalue weighted by molar-refractivity contribution is -0.138. The number of methoxy groups -OCH3 is 4. The maximum Gasteiger partial charge on any atom is 0.354 e. The van der Waals surface area contributed by atoms with Gasteiger partial charge in [0.05, 0.1) is 45.8 Å². The predicted molar refractivity (Wildman–Crippen MR) is 80.1 cm³/mol. The number of hydrogen-bond acceptors (Lipinski definition) is 8. The number of carbonyl (C=O) groups is 3. The molecule has 0 heterocycles. The second-order valence-corrected chi connectivity index (χ2v) is 4.10. The molecule has 0 saturated carbocycles. The van der Waals surface area contributed by atoms with Gasteiger partial charge in [0.2, 0.25) is 0 Å². The van der Waals surface area contributed by atoms with Gasteiger partial charge in [-0.3, -0.25) is 0 Å². The SMILES string of the molecule is COC(=O)/C=C(\Nc1cc(C(=O)OC)ccc1OC)C(=O)OC. The molecule has 1 rings (SSSR count). The smallest absolute Gasteiger partial charge is 0.354 e. The predicted octanol–water partition coefficient (Wildman–Crippen LogP) is 1.12. The molecule has 23 heavy (non-hydrogen) atoms. The number of anilines is 1. The summed E-state index contributed by atoms with van der Waals surface area (Å²) in [5.41, 5.74) is 0.328. The Hall–Kier alpha value is -3.03. The highest BCUT2D eigenvalue weighted by Gasteiger charge is 2.17. The van der Waals surface area contributed by atoms with Crippen molar-refractivity contribution in [2.45, 2.75) is 0 Å². The van der Waals surface area contributed by atoms with Crippen LogP contribution in [0.3, 0.4) is 0 Å². The number of ether oxygens (including phenoxy) is 4.